The first-order valence-electron chi connectivity index (χ1n) is 8.73. The van der Waals surface area contributed by atoms with Gasteiger partial charge >= 0.3 is 5.97 Å². The third kappa shape index (κ3) is 3.87. The van der Waals surface area contributed by atoms with Gasteiger partial charge in [-0.15, -0.1) is 0 Å². The van der Waals surface area contributed by atoms with E-state index in [1.807, 2.05) is 29.1 Å². The third-order valence-corrected chi connectivity index (χ3v) is 4.83. The maximum Gasteiger partial charge on any atom is 0.348 e. The van der Waals surface area contributed by atoms with Crippen LogP contribution in [-0.2, 0) is 16.1 Å². The Morgan fingerprint density at radius 3 is 2.54 bits per heavy atom. The predicted molar refractivity (Wildman–Crippen MR) is 94.8 cm³/mol. The Kier molecular flexibility index (Phi) is 5.25. The number of carbonyl (C=O) groups excluding carboxylic acids is 1. The lowest BCUT2D eigenvalue weighted by Gasteiger charge is -2.39. The molecule has 1 aliphatic rings. The molecule has 3 rings (SSSR count). The highest BCUT2D eigenvalue weighted by Crippen LogP contribution is 2.30. The molecule has 1 aliphatic heterocycles. The number of nitrogens with zero attached hydrogens (tertiary/aromatic N) is 3. The van der Waals surface area contributed by atoms with Crippen LogP contribution in [0.3, 0.4) is 0 Å². The summed E-state index contributed by atoms with van der Waals surface area (Å²) in [6, 6.07) is 7.29. The minimum atomic E-state index is -1.31. The van der Waals surface area contributed by atoms with Gasteiger partial charge in [-0.2, -0.15) is 0 Å². The van der Waals surface area contributed by atoms with E-state index in [4.69, 9.17) is 4.74 Å². The summed E-state index contributed by atoms with van der Waals surface area (Å²) in [6.07, 6.45) is 6.39. The summed E-state index contributed by atoms with van der Waals surface area (Å²) in [5.41, 5.74) is -0.663. The summed E-state index contributed by atoms with van der Waals surface area (Å²) >= 11 is 0. The fourth-order valence-corrected chi connectivity index (χ4v) is 3.17. The number of carboxylic acids is 1. The topological polar surface area (TPSA) is 84.7 Å². The minimum Gasteiger partial charge on any atom is -0.478 e. The average molecular weight is 357 g/mol. The van der Waals surface area contributed by atoms with Crippen molar-refractivity contribution in [2.45, 2.75) is 38.3 Å². The van der Waals surface area contributed by atoms with Gasteiger partial charge in [-0.1, -0.05) is 0 Å². The Labute approximate surface area is 152 Å². The number of piperidine rings is 1. The zero-order chi connectivity index (χ0) is 18.6. The first-order valence-corrected chi connectivity index (χ1v) is 8.73. The summed E-state index contributed by atoms with van der Waals surface area (Å²) in [5.74, 6) is -0.488. The normalized spacial score (nSPS) is 16.3. The zero-order valence-electron chi connectivity index (χ0n) is 14.8. The largest absolute Gasteiger partial charge is 0.478 e. The molecule has 0 aliphatic carbocycles. The molecule has 0 atom stereocenters. The maximum atomic E-state index is 12.4. The first kappa shape index (κ1) is 18.0. The highest BCUT2D eigenvalue weighted by molar-refractivity contribution is 5.80. The van der Waals surface area contributed by atoms with Crippen molar-refractivity contribution in [3.63, 3.8) is 0 Å². The van der Waals surface area contributed by atoms with Gasteiger partial charge in [-0.05, 0) is 31.2 Å². The highest BCUT2D eigenvalue weighted by atomic mass is 16.5. The Hall–Kier alpha value is -2.83. The van der Waals surface area contributed by atoms with Crippen LogP contribution in [0.25, 0.3) is 0 Å². The molecule has 0 unspecified atom stereocenters. The maximum absolute atomic E-state index is 12.4. The van der Waals surface area contributed by atoms with E-state index in [1.165, 1.54) is 0 Å². The fraction of sp³-hybridized carbons (Fsp3) is 0.421. The van der Waals surface area contributed by atoms with Crippen molar-refractivity contribution in [1.82, 2.24) is 14.5 Å². The van der Waals surface area contributed by atoms with Gasteiger partial charge in [-0.3, -0.25) is 9.78 Å². The second-order valence-corrected chi connectivity index (χ2v) is 6.54. The molecule has 138 valence electrons. The highest BCUT2D eigenvalue weighted by Gasteiger charge is 2.45. The number of aromatic nitrogens is 2. The number of hydrogen-bond acceptors (Lipinski definition) is 4. The van der Waals surface area contributed by atoms with Crippen LogP contribution in [0.1, 0.15) is 25.0 Å². The SMILES string of the molecule is Cc1ncccc1OC1(C(=O)O)CCN(C(=O)CCn2cccc2)CC1. The van der Waals surface area contributed by atoms with E-state index >= 15 is 0 Å². The number of rotatable bonds is 6. The Balaban J connectivity index is 1.61. The van der Waals surface area contributed by atoms with Gasteiger partial charge in [0, 0.05) is 57.5 Å². The van der Waals surface area contributed by atoms with Crippen LogP contribution in [0.4, 0.5) is 0 Å². The molecule has 1 saturated heterocycles. The third-order valence-electron chi connectivity index (χ3n) is 4.83. The van der Waals surface area contributed by atoms with Crippen molar-refractivity contribution in [1.29, 1.82) is 0 Å². The molecule has 2 aromatic rings. The second kappa shape index (κ2) is 7.59. The van der Waals surface area contributed by atoms with E-state index in [2.05, 4.69) is 4.98 Å². The molecule has 7 heteroatoms. The number of amides is 1. The van der Waals surface area contributed by atoms with E-state index < -0.39 is 11.6 Å². The van der Waals surface area contributed by atoms with Crippen LogP contribution in [0.15, 0.2) is 42.9 Å². The number of carboxylic acid groups (broad SMARTS) is 1. The Bertz CT molecular complexity index is 765. The molecule has 1 N–H and O–H groups in total. The zero-order valence-corrected chi connectivity index (χ0v) is 14.8. The molecule has 0 saturated carbocycles. The minimum absolute atomic E-state index is 0.0373. The lowest BCUT2D eigenvalue weighted by Crippen LogP contribution is -2.54. The summed E-state index contributed by atoms with van der Waals surface area (Å²) in [4.78, 5) is 30.2. The predicted octanol–water partition coefficient (Wildman–Crippen LogP) is 2.11. The van der Waals surface area contributed by atoms with Crippen LogP contribution < -0.4 is 4.74 Å². The van der Waals surface area contributed by atoms with Crippen LogP contribution in [0.5, 0.6) is 5.75 Å². The smallest absolute Gasteiger partial charge is 0.348 e. The molecule has 7 nitrogen and oxygen atoms in total. The summed E-state index contributed by atoms with van der Waals surface area (Å²) in [7, 11) is 0. The summed E-state index contributed by atoms with van der Waals surface area (Å²) in [6.45, 7) is 3.15. The number of pyridine rings is 1. The number of carbonyl (C=O) groups is 2. The van der Waals surface area contributed by atoms with Gasteiger partial charge in [0.15, 0.2) is 0 Å². The molecular formula is C19H23N3O4. The van der Waals surface area contributed by atoms with E-state index in [0.29, 0.717) is 37.5 Å². The van der Waals surface area contributed by atoms with Gasteiger partial charge < -0.3 is 19.3 Å². The summed E-state index contributed by atoms with van der Waals surface area (Å²) < 4.78 is 7.83. The molecule has 0 radical (unpaired) electrons. The van der Waals surface area contributed by atoms with Crippen molar-refractivity contribution in [2.75, 3.05) is 13.1 Å². The number of hydrogen-bond donors (Lipinski definition) is 1. The molecule has 0 spiro atoms. The van der Waals surface area contributed by atoms with E-state index in [1.54, 1.807) is 30.2 Å². The first-order chi connectivity index (χ1) is 12.5. The molecule has 0 bridgehead atoms. The Morgan fingerprint density at radius 1 is 1.23 bits per heavy atom. The van der Waals surface area contributed by atoms with Crippen LogP contribution >= 0.6 is 0 Å². The van der Waals surface area contributed by atoms with Gasteiger partial charge in [0.2, 0.25) is 11.5 Å². The molecule has 2 aromatic heterocycles. The standard InChI is InChI=1S/C19H23N3O4/c1-15-16(5-4-9-20-15)26-19(18(24)25)7-13-22(14-8-19)17(23)6-12-21-10-2-3-11-21/h2-5,9-11H,6-8,12-14H2,1H3,(H,24,25). The van der Waals surface area contributed by atoms with Gasteiger partial charge in [-0.25, -0.2) is 4.79 Å². The lowest BCUT2D eigenvalue weighted by molar-refractivity contribution is -0.162. The van der Waals surface area contributed by atoms with Crippen LogP contribution in [0, 0.1) is 6.92 Å². The van der Waals surface area contributed by atoms with Crippen LogP contribution in [0.2, 0.25) is 0 Å². The number of ether oxygens (including phenoxy) is 1. The number of likely N-dealkylation sites (tertiary alicyclic amines) is 1. The van der Waals surface area contributed by atoms with Gasteiger partial charge in [0.25, 0.3) is 0 Å². The van der Waals surface area contributed by atoms with Crippen molar-refractivity contribution in [2.24, 2.45) is 0 Å². The van der Waals surface area contributed by atoms with E-state index in [0.717, 1.165) is 0 Å². The van der Waals surface area contributed by atoms with Gasteiger partial charge in [0.1, 0.15) is 5.75 Å². The lowest BCUT2D eigenvalue weighted by atomic mass is 9.90. The average Bonchev–Trinajstić information content (AvgIpc) is 3.16. The van der Waals surface area contributed by atoms with E-state index in [-0.39, 0.29) is 18.7 Å². The molecular weight excluding hydrogens is 334 g/mol. The summed E-state index contributed by atoms with van der Waals surface area (Å²) in [5, 5.41) is 9.74. The van der Waals surface area contributed by atoms with Crippen molar-refractivity contribution < 1.29 is 19.4 Å². The Morgan fingerprint density at radius 2 is 1.92 bits per heavy atom. The molecule has 3 heterocycles. The van der Waals surface area contributed by atoms with E-state index in [9.17, 15) is 14.7 Å². The monoisotopic (exact) mass is 357 g/mol. The number of aliphatic carboxylic acids is 1. The molecule has 1 fully saturated rings. The second-order valence-electron chi connectivity index (χ2n) is 6.54. The fourth-order valence-electron chi connectivity index (χ4n) is 3.17. The number of aryl methyl sites for hydroxylation is 2. The molecule has 1 amide bonds. The quantitative estimate of drug-likeness (QED) is 0.856. The van der Waals surface area contributed by atoms with Crippen molar-refractivity contribution >= 4 is 11.9 Å². The van der Waals surface area contributed by atoms with Crippen molar-refractivity contribution in [3.05, 3.63) is 48.5 Å². The van der Waals surface area contributed by atoms with Gasteiger partial charge in [0.05, 0.1) is 5.69 Å². The molecule has 0 aromatic carbocycles. The molecule has 26 heavy (non-hydrogen) atoms. The van der Waals surface area contributed by atoms with Crippen LogP contribution in [-0.4, -0.2) is 50.1 Å². The van der Waals surface area contributed by atoms with Crippen molar-refractivity contribution in [3.8, 4) is 5.75 Å².